The minimum Gasteiger partial charge on any atom is -0.375 e. The lowest BCUT2D eigenvalue weighted by atomic mass is 10.1. The van der Waals surface area contributed by atoms with Crippen molar-refractivity contribution < 1.29 is 0 Å². The van der Waals surface area contributed by atoms with Crippen LogP contribution in [0.3, 0.4) is 0 Å². The van der Waals surface area contributed by atoms with Crippen LogP contribution >= 0.6 is 0 Å². The lowest BCUT2D eigenvalue weighted by Gasteiger charge is -2.32. The molecule has 0 radical (unpaired) electrons. The van der Waals surface area contributed by atoms with E-state index in [0.717, 1.165) is 0 Å². The maximum absolute atomic E-state index is 4.10. The summed E-state index contributed by atoms with van der Waals surface area (Å²) >= 11 is 0. The highest BCUT2D eigenvalue weighted by Crippen LogP contribution is 2.17. The van der Waals surface area contributed by atoms with Gasteiger partial charge in [0.2, 0.25) is 0 Å². The molecule has 0 saturated heterocycles. The van der Waals surface area contributed by atoms with Gasteiger partial charge < -0.3 is 4.90 Å². The van der Waals surface area contributed by atoms with E-state index < -0.39 is 0 Å². The van der Waals surface area contributed by atoms with Gasteiger partial charge in [0.25, 0.3) is 0 Å². The van der Waals surface area contributed by atoms with Crippen molar-refractivity contribution in [2.45, 2.75) is 46.6 Å². The summed E-state index contributed by atoms with van der Waals surface area (Å²) in [6, 6.07) is 0.667. The average Bonchev–Trinajstić information content (AvgIpc) is 2.05. The molecule has 0 aromatic rings. The smallest absolute Gasteiger partial charge is 0.0278 e. The molecule has 0 bridgehead atoms. The third-order valence-corrected chi connectivity index (χ3v) is 2.61. The molecule has 0 aromatic carbocycles. The normalized spacial score (nSPS) is 10.9. The highest BCUT2D eigenvalue weighted by atomic mass is 15.1. The lowest BCUT2D eigenvalue weighted by Crippen LogP contribution is -2.31. The van der Waals surface area contributed by atoms with Crippen molar-refractivity contribution >= 4 is 0 Å². The molecular weight excluding hydrogens is 146 g/mol. The van der Waals surface area contributed by atoms with Crippen molar-refractivity contribution in [1.82, 2.24) is 4.90 Å². The lowest BCUT2D eigenvalue weighted by molar-refractivity contribution is 0.265. The Kier molecular flexibility index (Phi) is 5.03. The average molecular weight is 169 g/mol. The van der Waals surface area contributed by atoms with Crippen LogP contribution in [0.1, 0.15) is 40.5 Å². The van der Waals surface area contributed by atoms with Gasteiger partial charge in [0.05, 0.1) is 0 Å². The fraction of sp³-hybridized carbons (Fsp3) is 0.818. The van der Waals surface area contributed by atoms with Gasteiger partial charge in [-0.2, -0.15) is 0 Å². The maximum atomic E-state index is 4.10. The standard InChI is InChI=1S/C11H23N/c1-7-11(8-2)12(6)10(5)9(3)4/h9,11H,5,7-8H2,1-4,6H3. The summed E-state index contributed by atoms with van der Waals surface area (Å²) in [7, 11) is 2.15. The van der Waals surface area contributed by atoms with Crippen LogP contribution in [0.15, 0.2) is 12.3 Å². The van der Waals surface area contributed by atoms with Crippen LogP contribution in [-0.4, -0.2) is 18.0 Å². The van der Waals surface area contributed by atoms with Gasteiger partial charge in [0.15, 0.2) is 0 Å². The van der Waals surface area contributed by atoms with Crippen molar-refractivity contribution in [3.05, 3.63) is 12.3 Å². The fourth-order valence-corrected chi connectivity index (χ4v) is 1.48. The monoisotopic (exact) mass is 169 g/mol. The molecule has 1 heteroatoms. The quantitative estimate of drug-likeness (QED) is 0.610. The van der Waals surface area contributed by atoms with E-state index in [4.69, 9.17) is 0 Å². The molecule has 0 aliphatic carbocycles. The number of nitrogens with zero attached hydrogens (tertiary/aromatic N) is 1. The van der Waals surface area contributed by atoms with Gasteiger partial charge >= 0.3 is 0 Å². The second-order valence-corrected chi connectivity index (χ2v) is 3.73. The fourth-order valence-electron chi connectivity index (χ4n) is 1.48. The number of allylic oxidation sites excluding steroid dienone is 1. The SMILES string of the molecule is C=C(C(C)C)N(C)C(CC)CC. The van der Waals surface area contributed by atoms with Crippen molar-refractivity contribution in [3.63, 3.8) is 0 Å². The Hall–Kier alpha value is -0.460. The molecule has 0 spiro atoms. The molecule has 0 aliphatic heterocycles. The van der Waals surface area contributed by atoms with Gasteiger partial charge in [0.1, 0.15) is 0 Å². The molecular formula is C11H23N. The summed E-state index contributed by atoms with van der Waals surface area (Å²) in [5.41, 5.74) is 1.25. The molecule has 0 aromatic heterocycles. The van der Waals surface area contributed by atoms with E-state index >= 15 is 0 Å². The van der Waals surface area contributed by atoms with E-state index in [0.29, 0.717) is 12.0 Å². The Labute approximate surface area is 77.5 Å². The Morgan fingerprint density at radius 3 is 1.92 bits per heavy atom. The van der Waals surface area contributed by atoms with Crippen LogP contribution in [0.5, 0.6) is 0 Å². The highest BCUT2D eigenvalue weighted by Gasteiger charge is 2.13. The molecule has 0 atom stereocenters. The summed E-state index contributed by atoms with van der Waals surface area (Å²) in [6.07, 6.45) is 2.41. The first-order valence-electron chi connectivity index (χ1n) is 4.96. The Balaban J connectivity index is 4.15. The first kappa shape index (κ1) is 11.5. The summed E-state index contributed by atoms with van der Waals surface area (Å²) in [6.45, 7) is 13.0. The number of hydrogen-bond donors (Lipinski definition) is 0. The van der Waals surface area contributed by atoms with Crippen LogP contribution in [0, 0.1) is 5.92 Å². The molecule has 0 N–H and O–H groups in total. The molecule has 1 nitrogen and oxygen atoms in total. The molecule has 0 amide bonds. The number of hydrogen-bond acceptors (Lipinski definition) is 1. The van der Waals surface area contributed by atoms with Crippen molar-refractivity contribution in [3.8, 4) is 0 Å². The van der Waals surface area contributed by atoms with Crippen molar-refractivity contribution in [2.75, 3.05) is 7.05 Å². The third-order valence-electron chi connectivity index (χ3n) is 2.61. The molecule has 0 rings (SSSR count). The van der Waals surface area contributed by atoms with Gasteiger partial charge in [0, 0.05) is 18.8 Å². The minimum absolute atomic E-state index is 0.565. The van der Waals surface area contributed by atoms with Crippen LogP contribution in [0.25, 0.3) is 0 Å². The molecule has 0 fully saturated rings. The van der Waals surface area contributed by atoms with Gasteiger partial charge in [-0.05, 0) is 18.8 Å². The summed E-state index contributed by atoms with van der Waals surface area (Å²) in [5, 5.41) is 0. The van der Waals surface area contributed by atoms with Crippen molar-refractivity contribution in [1.29, 1.82) is 0 Å². The summed E-state index contributed by atoms with van der Waals surface area (Å²) < 4.78 is 0. The molecule has 0 saturated carbocycles. The third kappa shape index (κ3) is 2.88. The zero-order chi connectivity index (χ0) is 9.72. The maximum Gasteiger partial charge on any atom is 0.0278 e. The summed E-state index contributed by atoms with van der Waals surface area (Å²) in [5.74, 6) is 0.565. The predicted molar refractivity (Wildman–Crippen MR) is 56.1 cm³/mol. The largest absolute Gasteiger partial charge is 0.375 e. The van der Waals surface area contributed by atoms with Crippen LogP contribution in [0.4, 0.5) is 0 Å². The van der Waals surface area contributed by atoms with E-state index in [9.17, 15) is 0 Å². The zero-order valence-electron chi connectivity index (χ0n) is 9.22. The molecule has 0 aliphatic rings. The van der Waals surface area contributed by atoms with Crippen LogP contribution in [0.2, 0.25) is 0 Å². The highest BCUT2D eigenvalue weighted by molar-refractivity contribution is 4.97. The Morgan fingerprint density at radius 2 is 1.67 bits per heavy atom. The van der Waals surface area contributed by atoms with Crippen LogP contribution in [-0.2, 0) is 0 Å². The first-order chi connectivity index (χ1) is 5.54. The molecule has 72 valence electrons. The van der Waals surface area contributed by atoms with Gasteiger partial charge in [-0.1, -0.05) is 34.3 Å². The van der Waals surface area contributed by atoms with Gasteiger partial charge in [-0.3, -0.25) is 0 Å². The zero-order valence-corrected chi connectivity index (χ0v) is 9.22. The number of rotatable bonds is 5. The minimum atomic E-state index is 0.565. The van der Waals surface area contributed by atoms with E-state index in [-0.39, 0.29) is 0 Å². The van der Waals surface area contributed by atoms with E-state index in [2.05, 4.69) is 46.2 Å². The molecule has 12 heavy (non-hydrogen) atoms. The van der Waals surface area contributed by atoms with Crippen LogP contribution < -0.4 is 0 Å². The Bertz CT molecular complexity index is 134. The van der Waals surface area contributed by atoms with E-state index in [1.807, 2.05) is 0 Å². The summed E-state index contributed by atoms with van der Waals surface area (Å²) in [4.78, 5) is 2.32. The van der Waals surface area contributed by atoms with E-state index in [1.54, 1.807) is 0 Å². The topological polar surface area (TPSA) is 3.24 Å². The van der Waals surface area contributed by atoms with E-state index in [1.165, 1.54) is 18.5 Å². The second-order valence-electron chi connectivity index (χ2n) is 3.73. The van der Waals surface area contributed by atoms with Gasteiger partial charge in [-0.15, -0.1) is 0 Å². The predicted octanol–water partition coefficient (Wildman–Crippen LogP) is 3.28. The molecule has 0 heterocycles. The van der Waals surface area contributed by atoms with Gasteiger partial charge in [-0.25, -0.2) is 0 Å². The Morgan fingerprint density at radius 1 is 1.25 bits per heavy atom. The second kappa shape index (κ2) is 5.23. The molecule has 0 unspecified atom stereocenters. The van der Waals surface area contributed by atoms with Crippen molar-refractivity contribution in [2.24, 2.45) is 5.92 Å². The first-order valence-corrected chi connectivity index (χ1v) is 4.96.